The van der Waals surface area contributed by atoms with E-state index in [-0.39, 0.29) is 18.5 Å². The van der Waals surface area contributed by atoms with Crippen molar-refractivity contribution in [3.05, 3.63) is 41.6 Å². The first-order valence-corrected chi connectivity index (χ1v) is 9.94. The fourth-order valence-electron chi connectivity index (χ4n) is 4.65. The molecule has 8 nitrogen and oxygen atoms in total. The predicted molar refractivity (Wildman–Crippen MR) is 111 cm³/mol. The minimum absolute atomic E-state index is 0.0915. The summed E-state index contributed by atoms with van der Waals surface area (Å²) in [5, 5.41) is 1.01. The van der Waals surface area contributed by atoms with Crippen LogP contribution < -0.4 is 0 Å². The molecule has 0 saturated carbocycles. The number of amides is 2. The SMILES string of the molecule is CCN(C(=O)OC)C(=O)C1C=C2c3cccc4c3c(cn4C(=O)OC)CC2N(C)C1. The molecule has 0 fully saturated rings. The summed E-state index contributed by atoms with van der Waals surface area (Å²) in [4.78, 5) is 40.6. The number of aromatic nitrogens is 1. The molecule has 2 aromatic rings. The van der Waals surface area contributed by atoms with Crippen molar-refractivity contribution >= 4 is 34.6 Å². The van der Waals surface area contributed by atoms with Gasteiger partial charge < -0.3 is 9.47 Å². The van der Waals surface area contributed by atoms with E-state index in [4.69, 9.17) is 9.47 Å². The third-order valence-electron chi connectivity index (χ3n) is 6.05. The number of hydrogen-bond acceptors (Lipinski definition) is 6. The Bertz CT molecular complexity index is 1070. The molecule has 1 aliphatic heterocycles. The maximum absolute atomic E-state index is 13.1. The minimum atomic E-state index is -0.645. The molecule has 2 amide bonds. The van der Waals surface area contributed by atoms with Crippen molar-refractivity contribution in [3.8, 4) is 0 Å². The van der Waals surface area contributed by atoms with Crippen molar-refractivity contribution in [3.63, 3.8) is 0 Å². The van der Waals surface area contributed by atoms with Crippen molar-refractivity contribution in [2.45, 2.75) is 19.4 Å². The average Bonchev–Trinajstić information content (AvgIpc) is 3.13. The summed E-state index contributed by atoms with van der Waals surface area (Å²) in [5.41, 5.74) is 3.92. The van der Waals surface area contributed by atoms with E-state index < -0.39 is 18.1 Å². The van der Waals surface area contributed by atoms with E-state index in [2.05, 4.69) is 4.90 Å². The van der Waals surface area contributed by atoms with Crippen LogP contribution in [-0.4, -0.2) is 72.9 Å². The number of methoxy groups -OCH3 is 2. The number of carbonyl (C=O) groups is 3. The van der Waals surface area contributed by atoms with Gasteiger partial charge in [-0.3, -0.25) is 14.3 Å². The maximum atomic E-state index is 13.1. The predicted octanol–water partition coefficient (Wildman–Crippen LogP) is 2.74. The zero-order chi connectivity index (χ0) is 21.6. The number of imide groups is 1. The smallest absolute Gasteiger partial charge is 0.418 e. The minimum Gasteiger partial charge on any atom is -0.452 e. The van der Waals surface area contributed by atoms with Gasteiger partial charge >= 0.3 is 12.2 Å². The highest BCUT2D eigenvalue weighted by Gasteiger charge is 2.38. The van der Waals surface area contributed by atoms with Crippen LogP contribution >= 0.6 is 0 Å². The quantitative estimate of drug-likeness (QED) is 0.756. The molecule has 1 aromatic heterocycles. The van der Waals surface area contributed by atoms with Crippen LogP contribution in [-0.2, 0) is 20.7 Å². The van der Waals surface area contributed by atoms with Gasteiger partial charge in [-0.1, -0.05) is 18.2 Å². The molecule has 8 heteroatoms. The zero-order valence-electron chi connectivity index (χ0n) is 17.5. The summed E-state index contributed by atoms with van der Waals surface area (Å²) in [6, 6.07) is 5.91. The standard InChI is InChI=1S/C22H25N3O5/c1-5-24(21(27)29-3)20(26)14-9-16-15-7-6-8-17-19(15)13(10-18(16)23(2)11-14)12-25(17)22(28)30-4/h6-9,12,14,18H,5,10-11H2,1-4H3. The van der Waals surface area contributed by atoms with Gasteiger partial charge in [0, 0.05) is 30.7 Å². The molecule has 1 aliphatic carbocycles. The van der Waals surface area contributed by atoms with Crippen molar-refractivity contribution in [1.82, 2.24) is 14.4 Å². The number of rotatable bonds is 2. The van der Waals surface area contributed by atoms with E-state index in [0.717, 1.165) is 38.9 Å². The lowest BCUT2D eigenvalue weighted by molar-refractivity contribution is -0.132. The number of benzene rings is 1. The Morgan fingerprint density at radius 1 is 1.20 bits per heavy atom. The molecule has 2 aliphatic rings. The van der Waals surface area contributed by atoms with Gasteiger partial charge in [0.2, 0.25) is 5.91 Å². The second kappa shape index (κ2) is 7.60. The highest BCUT2D eigenvalue weighted by atomic mass is 16.5. The molecule has 0 N–H and O–H groups in total. The lowest BCUT2D eigenvalue weighted by atomic mass is 9.79. The van der Waals surface area contributed by atoms with E-state index in [1.807, 2.05) is 37.5 Å². The van der Waals surface area contributed by atoms with E-state index in [1.165, 1.54) is 18.8 Å². The maximum Gasteiger partial charge on any atom is 0.418 e. The summed E-state index contributed by atoms with van der Waals surface area (Å²) in [6.45, 7) is 2.50. The largest absolute Gasteiger partial charge is 0.452 e. The van der Waals surface area contributed by atoms with Gasteiger partial charge in [0.05, 0.1) is 25.7 Å². The number of nitrogens with zero attached hydrogens (tertiary/aromatic N) is 3. The molecule has 2 unspecified atom stereocenters. The molecule has 0 spiro atoms. The highest BCUT2D eigenvalue weighted by molar-refractivity contribution is 6.03. The molecule has 2 atom stereocenters. The number of carbonyl (C=O) groups excluding carboxylic acids is 3. The van der Waals surface area contributed by atoms with Crippen LogP contribution in [0.25, 0.3) is 16.5 Å². The van der Waals surface area contributed by atoms with Crippen LogP contribution in [0.1, 0.15) is 18.1 Å². The van der Waals surface area contributed by atoms with Gasteiger partial charge in [0.25, 0.3) is 0 Å². The Hall–Kier alpha value is -3.13. The first kappa shape index (κ1) is 20.2. The number of ether oxygens (including phenoxy) is 2. The summed E-state index contributed by atoms with van der Waals surface area (Å²) in [7, 11) is 4.62. The number of likely N-dealkylation sites (N-methyl/N-ethyl adjacent to an activating group) is 1. The lowest BCUT2D eigenvalue weighted by Gasteiger charge is -2.40. The third kappa shape index (κ3) is 2.99. The second-order valence-electron chi connectivity index (χ2n) is 7.63. The van der Waals surface area contributed by atoms with Crippen molar-refractivity contribution in [2.24, 2.45) is 5.92 Å². The molecule has 30 heavy (non-hydrogen) atoms. The third-order valence-corrected chi connectivity index (χ3v) is 6.05. The zero-order valence-corrected chi connectivity index (χ0v) is 17.5. The molecular formula is C22H25N3O5. The Kier molecular flexibility index (Phi) is 5.11. The number of hydrogen-bond donors (Lipinski definition) is 0. The van der Waals surface area contributed by atoms with Crippen molar-refractivity contribution in [2.75, 3.05) is 34.4 Å². The summed E-state index contributed by atoms with van der Waals surface area (Å²) in [5.74, 6) is -0.730. The normalized spacial score (nSPS) is 20.3. The second-order valence-corrected chi connectivity index (χ2v) is 7.63. The van der Waals surface area contributed by atoms with Gasteiger partial charge in [-0.2, -0.15) is 0 Å². The van der Waals surface area contributed by atoms with Crippen LogP contribution in [0, 0.1) is 5.92 Å². The van der Waals surface area contributed by atoms with Crippen molar-refractivity contribution < 1.29 is 23.9 Å². The van der Waals surface area contributed by atoms with Gasteiger partial charge in [-0.15, -0.1) is 0 Å². The molecule has 2 heterocycles. The van der Waals surface area contributed by atoms with Crippen molar-refractivity contribution in [1.29, 1.82) is 0 Å². The van der Waals surface area contributed by atoms with Crippen LogP contribution in [0.3, 0.4) is 0 Å². The van der Waals surface area contributed by atoms with E-state index in [9.17, 15) is 14.4 Å². The molecule has 0 radical (unpaired) electrons. The highest BCUT2D eigenvalue weighted by Crippen LogP contribution is 2.41. The molecule has 4 rings (SSSR count). The summed E-state index contributed by atoms with van der Waals surface area (Å²) >= 11 is 0. The van der Waals surface area contributed by atoms with E-state index in [0.29, 0.717) is 6.54 Å². The topological polar surface area (TPSA) is 81.1 Å². The van der Waals surface area contributed by atoms with Gasteiger partial charge in [0.15, 0.2) is 0 Å². The van der Waals surface area contributed by atoms with Crippen LogP contribution in [0.4, 0.5) is 9.59 Å². The first-order chi connectivity index (χ1) is 14.4. The van der Waals surface area contributed by atoms with E-state index in [1.54, 1.807) is 6.92 Å². The fraction of sp³-hybridized carbons (Fsp3) is 0.409. The Balaban J connectivity index is 1.81. The van der Waals surface area contributed by atoms with Crippen LogP contribution in [0.5, 0.6) is 0 Å². The molecule has 0 saturated heterocycles. The van der Waals surface area contributed by atoms with E-state index >= 15 is 0 Å². The molecular weight excluding hydrogens is 386 g/mol. The Morgan fingerprint density at radius 2 is 1.97 bits per heavy atom. The molecule has 0 bridgehead atoms. The van der Waals surface area contributed by atoms with Crippen LogP contribution in [0.2, 0.25) is 0 Å². The Labute approximate surface area is 174 Å². The monoisotopic (exact) mass is 411 g/mol. The number of fused-ring (bicyclic) bond motifs is 2. The van der Waals surface area contributed by atoms with Gasteiger partial charge in [-0.05, 0) is 43.2 Å². The summed E-state index contributed by atoms with van der Waals surface area (Å²) in [6.07, 6.45) is 3.48. The Morgan fingerprint density at radius 3 is 2.63 bits per heavy atom. The molecule has 158 valence electrons. The van der Waals surface area contributed by atoms with Crippen LogP contribution in [0.15, 0.2) is 30.5 Å². The lowest BCUT2D eigenvalue weighted by Crippen LogP contribution is -2.48. The average molecular weight is 411 g/mol. The van der Waals surface area contributed by atoms with Gasteiger partial charge in [-0.25, -0.2) is 14.5 Å². The van der Waals surface area contributed by atoms with Gasteiger partial charge in [0.1, 0.15) is 0 Å². The fourth-order valence-corrected chi connectivity index (χ4v) is 4.65. The first-order valence-electron chi connectivity index (χ1n) is 9.94. The summed E-state index contributed by atoms with van der Waals surface area (Å²) < 4.78 is 11.2. The molecule has 1 aromatic carbocycles.